The minimum absolute atomic E-state index is 0.0331. The van der Waals surface area contributed by atoms with Crippen molar-refractivity contribution in [2.24, 2.45) is 5.73 Å². The van der Waals surface area contributed by atoms with Crippen molar-refractivity contribution in [1.29, 1.82) is 0 Å². The summed E-state index contributed by atoms with van der Waals surface area (Å²) in [5, 5.41) is 0.675. The molecule has 5 heteroatoms. The normalized spacial score (nSPS) is 12.1. The SMILES string of the molecule is CCC(N)Cn1cccc(OCc2ccc(Cl)cc2)c1=O. The zero-order valence-corrected chi connectivity index (χ0v) is 12.7. The number of hydrogen-bond acceptors (Lipinski definition) is 3. The van der Waals surface area contributed by atoms with E-state index in [9.17, 15) is 4.79 Å². The molecule has 0 fully saturated rings. The van der Waals surface area contributed by atoms with Crippen molar-refractivity contribution in [1.82, 2.24) is 4.57 Å². The zero-order chi connectivity index (χ0) is 15.2. The van der Waals surface area contributed by atoms with Crippen LogP contribution in [0.25, 0.3) is 0 Å². The van der Waals surface area contributed by atoms with Crippen LogP contribution in [0.5, 0.6) is 5.75 Å². The standard InChI is InChI=1S/C16H19ClN2O2/c1-2-14(18)10-19-9-3-4-15(16(19)20)21-11-12-5-7-13(17)8-6-12/h3-9,14H,2,10-11,18H2,1H3. The van der Waals surface area contributed by atoms with Gasteiger partial charge in [-0.3, -0.25) is 4.79 Å². The third-order valence-electron chi connectivity index (χ3n) is 3.25. The molecule has 0 amide bonds. The number of halogens is 1. The van der Waals surface area contributed by atoms with E-state index in [1.165, 1.54) is 0 Å². The summed E-state index contributed by atoms with van der Waals surface area (Å²) in [6.45, 7) is 2.82. The first kappa shape index (κ1) is 15.6. The van der Waals surface area contributed by atoms with Gasteiger partial charge in [0.2, 0.25) is 0 Å². The molecular weight excluding hydrogens is 288 g/mol. The summed E-state index contributed by atoms with van der Waals surface area (Å²) in [4.78, 5) is 12.3. The van der Waals surface area contributed by atoms with Crippen LogP contribution in [0.2, 0.25) is 5.02 Å². The Bertz CT molecular complexity index is 637. The van der Waals surface area contributed by atoms with E-state index in [0.29, 0.717) is 23.9 Å². The lowest BCUT2D eigenvalue weighted by molar-refractivity contribution is 0.298. The molecule has 0 aliphatic carbocycles. The second-order valence-corrected chi connectivity index (χ2v) is 5.35. The van der Waals surface area contributed by atoms with Crippen molar-refractivity contribution in [2.75, 3.05) is 0 Å². The summed E-state index contributed by atoms with van der Waals surface area (Å²) in [7, 11) is 0. The first-order valence-electron chi connectivity index (χ1n) is 6.92. The van der Waals surface area contributed by atoms with Gasteiger partial charge in [0.1, 0.15) is 6.61 Å². The van der Waals surface area contributed by atoms with Crippen LogP contribution in [0.3, 0.4) is 0 Å². The van der Waals surface area contributed by atoms with E-state index in [4.69, 9.17) is 22.1 Å². The topological polar surface area (TPSA) is 57.2 Å². The van der Waals surface area contributed by atoms with E-state index in [-0.39, 0.29) is 11.6 Å². The number of aromatic nitrogens is 1. The lowest BCUT2D eigenvalue weighted by Gasteiger charge is -2.13. The number of rotatable bonds is 6. The molecule has 1 heterocycles. The Hall–Kier alpha value is -1.78. The van der Waals surface area contributed by atoms with Crippen LogP contribution in [0.1, 0.15) is 18.9 Å². The number of pyridine rings is 1. The molecule has 2 N–H and O–H groups in total. The van der Waals surface area contributed by atoms with Crippen LogP contribution in [0.4, 0.5) is 0 Å². The third-order valence-corrected chi connectivity index (χ3v) is 3.50. The average molecular weight is 307 g/mol. The van der Waals surface area contributed by atoms with Crippen LogP contribution in [-0.4, -0.2) is 10.6 Å². The van der Waals surface area contributed by atoms with Crippen molar-refractivity contribution in [3.8, 4) is 5.75 Å². The number of hydrogen-bond donors (Lipinski definition) is 1. The van der Waals surface area contributed by atoms with Gasteiger partial charge < -0.3 is 15.0 Å². The van der Waals surface area contributed by atoms with Crippen LogP contribution in [0.15, 0.2) is 47.4 Å². The predicted molar refractivity (Wildman–Crippen MR) is 84.8 cm³/mol. The Morgan fingerprint density at radius 3 is 2.67 bits per heavy atom. The fraction of sp³-hybridized carbons (Fsp3) is 0.312. The van der Waals surface area contributed by atoms with Crippen molar-refractivity contribution in [2.45, 2.75) is 32.5 Å². The first-order valence-corrected chi connectivity index (χ1v) is 7.30. The molecule has 1 aromatic heterocycles. The lowest BCUT2D eigenvalue weighted by atomic mass is 10.2. The Morgan fingerprint density at radius 2 is 2.00 bits per heavy atom. The Morgan fingerprint density at radius 1 is 1.29 bits per heavy atom. The van der Waals surface area contributed by atoms with E-state index in [1.807, 2.05) is 19.1 Å². The maximum Gasteiger partial charge on any atom is 0.292 e. The van der Waals surface area contributed by atoms with Gasteiger partial charge in [-0.1, -0.05) is 30.7 Å². The summed E-state index contributed by atoms with van der Waals surface area (Å²) in [6.07, 6.45) is 2.55. The van der Waals surface area contributed by atoms with Gasteiger partial charge in [-0.05, 0) is 36.2 Å². The highest BCUT2D eigenvalue weighted by molar-refractivity contribution is 6.30. The van der Waals surface area contributed by atoms with Gasteiger partial charge >= 0.3 is 0 Å². The quantitative estimate of drug-likeness (QED) is 0.893. The summed E-state index contributed by atoms with van der Waals surface area (Å²) >= 11 is 5.83. The Labute approximate surface area is 129 Å². The maximum atomic E-state index is 12.3. The van der Waals surface area contributed by atoms with Crippen molar-refractivity contribution < 1.29 is 4.74 Å². The van der Waals surface area contributed by atoms with Gasteiger partial charge in [-0.25, -0.2) is 0 Å². The fourth-order valence-electron chi connectivity index (χ4n) is 1.89. The second-order valence-electron chi connectivity index (χ2n) is 4.91. The summed E-state index contributed by atoms with van der Waals surface area (Å²) in [5.41, 5.74) is 6.69. The zero-order valence-electron chi connectivity index (χ0n) is 12.0. The minimum Gasteiger partial charge on any atom is -0.483 e. The van der Waals surface area contributed by atoms with Gasteiger partial charge in [-0.15, -0.1) is 0 Å². The fourth-order valence-corrected chi connectivity index (χ4v) is 2.02. The molecular formula is C16H19ClN2O2. The van der Waals surface area contributed by atoms with E-state index in [1.54, 1.807) is 35.0 Å². The monoisotopic (exact) mass is 306 g/mol. The molecule has 0 bridgehead atoms. The number of benzene rings is 1. The van der Waals surface area contributed by atoms with Crippen LogP contribution >= 0.6 is 11.6 Å². The largest absolute Gasteiger partial charge is 0.483 e. The smallest absolute Gasteiger partial charge is 0.292 e. The number of nitrogens with two attached hydrogens (primary N) is 1. The van der Waals surface area contributed by atoms with Crippen molar-refractivity contribution in [3.05, 3.63) is 63.5 Å². The van der Waals surface area contributed by atoms with Gasteiger partial charge in [0.15, 0.2) is 5.75 Å². The molecule has 112 valence electrons. The van der Waals surface area contributed by atoms with Crippen LogP contribution < -0.4 is 16.0 Å². The molecule has 0 aliphatic heterocycles. The average Bonchev–Trinajstić information content (AvgIpc) is 2.49. The van der Waals surface area contributed by atoms with Gasteiger partial charge in [0.25, 0.3) is 5.56 Å². The molecule has 21 heavy (non-hydrogen) atoms. The molecule has 0 radical (unpaired) electrons. The highest BCUT2D eigenvalue weighted by atomic mass is 35.5. The van der Waals surface area contributed by atoms with Crippen molar-refractivity contribution in [3.63, 3.8) is 0 Å². The van der Waals surface area contributed by atoms with Crippen LogP contribution in [0, 0.1) is 0 Å². The number of ether oxygens (including phenoxy) is 1. The molecule has 4 nitrogen and oxygen atoms in total. The highest BCUT2D eigenvalue weighted by Crippen LogP contribution is 2.12. The van der Waals surface area contributed by atoms with E-state index in [0.717, 1.165) is 12.0 Å². The molecule has 1 unspecified atom stereocenters. The van der Waals surface area contributed by atoms with Gasteiger partial charge in [0, 0.05) is 23.8 Å². The Kier molecular flexibility index (Phi) is 5.42. The second kappa shape index (κ2) is 7.29. The molecule has 0 saturated heterocycles. The van der Waals surface area contributed by atoms with Crippen LogP contribution in [-0.2, 0) is 13.2 Å². The van der Waals surface area contributed by atoms with Gasteiger partial charge in [-0.2, -0.15) is 0 Å². The van der Waals surface area contributed by atoms with E-state index in [2.05, 4.69) is 0 Å². The van der Waals surface area contributed by atoms with E-state index < -0.39 is 0 Å². The maximum absolute atomic E-state index is 12.3. The summed E-state index contributed by atoms with van der Waals surface area (Å²) < 4.78 is 7.19. The highest BCUT2D eigenvalue weighted by Gasteiger charge is 2.07. The molecule has 0 saturated carbocycles. The Balaban J connectivity index is 2.08. The third kappa shape index (κ3) is 4.34. The predicted octanol–water partition coefficient (Wildman–Crippen LogP) is 2.82. The molecule has 1 atom stereocenters. The molecule has 2 rings (SSSR count). The summed E-state index contributed by atoms with van der Waals surface area (Å²) in [6, 6.07) is 10.8. The molecule has 0 aliphatic rings. The van der Waals surface area contributed by atoms with Gasteiger partial charge in [0.05, 0.1) is 0 Å². The molecule has 0 spiro atoms. The first-order chi connectivity index (χ1) is 10.1. The molecule has 1 aromatic carbocycles. The lowest BCUT2D eigenvalue weighted by Crippen LogP contribution is -2.31. The minimum atomic E-state index is -0.157. The summed E-state index contributed by atoms with van der Waals surface area (Å²) in [5.74, 6) is 0.329. The van der Waals surface area contributed by atoms with Crippen molar-refractivity contribution >= 4 is 11.6 Å². The number of nitrogens with zero attached hydrogens (tertiary/aromatic N) is 1. The molecule has 2 aromatic rings. The van der Waals surface area contributed by atoms with E-state index >= 15 is 0 Å².